The molecule has 2 aliphatic heterocycles. The number of thioether (sulfide) groups is 1. The minimum Gasteiger partial charge on any atom is -0.478 e. The Kier molecular flexibility index (Phi) is 8.19. The molecule has 2 aliphatic rings. The average Bonchev–Trinajstić information content (AvgIpc) is 3.03. The van der Waals surface area contributed by atoms with Gasteiger partial charge in [-0.2, -0.15) is 0 Å². The number of carboxylic acids is 1. The molecule has 0 amide bonds. The molecule has 4 nitrogen and oxygen atoms in total. The van der Waals surface area contributed by atoms with Crippen molar-refractivity contribution in [2.75, 3.05) is 0 Å². The molecule has 0 unspecified atom stereocenters. The fourth-order valence-corrected chi connectivity index (χ4v) is 5.37. The fraction of sp³-hybridized carbons (Fsp3) is 0.100. The van der Waals surface area contributed by atoms with Crippen LogP contribution in [0, 0.1) is 0 Å². The first-order valence-electron chi connectivity index (χ1n) is 8.28. The van der Waals surface area contributed by atoms with Crippen molar-refractivity contribution < 1.29 is 9.90 Å². The monoisotopic (exact) mass is 522 g/mol. The van der Waals surface area contributed by atoms with Crippen molar-refractivity contribution in [3.8, 4) is 0 Å². The first-order chi connectivity index (χ1) is 13.4. The zero-order chi connectivity index (χ0) is 20.0. The second-order valence-corrected chi connectivity index (χ2v) is 8.45. The van der Waals surface area contributed by atoms with E-state index in [9.17, 15) is 9.90 Å². The summed E-state index contributed by atoms with van der Waals surface area (Å²) in [7, 11) is 0. The Morgan fingerprint density at radius 2 is 1.63 bits per heavy atom. The highest BCUT2D eigenvalue weighted by Crippen LogP contribution is 2.49. The summed E-state index contributed by atoms with van der Waals surface area (Å²) in [6, 6.07) is 11.9. The van der Waals surface area contributed by atoms with E-state index in [1.54, 1.807) is 31.2 Å². The number of hydrogen-bond donors (Lipinski definition) is 1. The molecule has 2 heterocycles. The van der Waals surface area contributed by atoms with Crippen LogP contribution in [0.1, 0.15) is 24.1 Å². The highest BCUT2D eigenvalue weighted by atomic mass is 35.5. The molecule has 0 spiro atoms. The Morgan fingerprint density at radius 1 is 1.03 bits per heavy atom. The fourth-order valence-electron chi connectivity index (χ4n) is 3.29. The van der Waals surface area contributed by atoms with Gasteiger partial charge < -0.3 is 10.0 Å². The molecule has 0 aliphatic carbocycles. The Hall–Kier alpha value is -1.34. The molecule has 0 aromatic heterocycles. The summed E-state index contributed by atoms with van der Waals surface area (Å²) in [6.45, 7) is 1.69. The van der Waals surface area contributed by atoms with Gasteiger partial charge in [0.25, 0.3) is 0 Å². The predicted octanol–water partition coefficient (Wildman–Crippen LogP) is 7.31. The molecular formula is C20H15Cl5N2O2S. The van der Waals surface area contributed by atoms with Gasteiger partial charge in [-0.3, -0.25) is 0 Å². The second kappa shape index (κ2) is 9.86. The predicted molar refractivity (Wildman–Crippen MR) is 130 cm³/mol. The van der Waals surface area contributed by atoms with Crippen LogP contribution in [-0.4, -0.2) is 21.1 Å². The lowest BCUT2D eigenvalue weighted by molar-refractivity contribution is -0.133. The van der Waals surface area contributed by atoms with Crippen LogP contribution in [0.25, 0.3) is 4.91 Å². The molecule has 0 fully saturated rings. The SMILES string of the molecule is CC1=C(C(=O)O)[C@@H](c2ccccc2Cl)N2C=C(c3c(Cl)cccc3Cl)SC2=N1.Cl.Cl. The molecule has 2 aromatic carbocycles. The van der Waals surface area contributed by atoms with Gasteiger partial charge in [-0.05, 0) is 42.4 Å². The third kappa shape index (κ3) is 4.33. The van der Waals surface area contributed by atoms with Gasteiger partial charge in [-0.1, -0.05) is 59.1 Å². The Labute approximate surface area is 205 Å². The van der Waals surface area contributed by atoms with Gasteiger partial charge in [0.15, 0.2) is 5.17 Å². The van der Waals surface area contributed by atoms with Crippen LogP contribution in [0.3, 0.4) is 0 Å². The molecule has 1 N–H and O–H groups in total. The summed E-state index contributed by atoms with van der Waals surface area (Å²) in [5.41, 5.74) is 2.01. The van der Waals surface area contributed by atoms with E-state index in [1.165, 1.54) is 11.8 Å². The Balaban J connectivity index is 0.00000160. The highest BCUT2D eigenvalue weighted by molar-refractivity contribution is 8.22. The lowest BCUT2D eigenvalue weighted by Crippen LogP contribution is -2.33. The van der Waals surface area contributed by atoms with Crippen LogP contribution >= 0.6 is 71.4 Å². The molecule has 158 valence electrons. The molecule has 0 bridgehead atoms. The van der Waals surface area contributed by atoms with Gasteiger partial charge in [0.1, 0.15) is 0 Å². The van der Waals surface area contributed by atoms with Crippen LogP contribution < -0.4 is 0 Å². The van der Waals surface area contributed by atoms with Crippen LogP contribution in [0.2, 0.25) is 15.1 Å². The minimum absolute atomic E-state index is 0. The molecule has 0 saturated carbocycles. The summed E-state index contributed by atoms with van der Waals surface area (Å²) in [5, 5.41) is 12.0. The number of allylic oxidation sites excluding steroid dienone is 1. The quantitative estimate of drug-likeness (QED) is 0.458. The van der Waals surface area contributed by atoms with Gasteiger partial charge in [-0.15, -0.1) is 24.8 Å². The molecule has 0 radical (unpaired) electrons. The molecule has 2 aromatic rings. The van der Waals surface area contributed by atoms with Gasteiger partial charge in [0.2, 0.25) is 0 Å². The largest absolute Gasteiger partial charge is 0.478 e. The minimum atomic E-state index is -1.03. The smallest absolute Gasteiger partial charge is 0.335 e. The lowest BCUT2D eigenvalue weighted by atomic mass is 9.95. The van der Waals surface area contributed by atoms with E-state index in [2.05, 4.69) is 4.99 Å². The van der Waals surface area contributed by atoms with Crippen molar-refractivity contribution in [3.63, 3.8) is 0 Å². The van der Waals surface area contributed by atoms with E-state index in [1.807, 2.05) is 29.3 Å². The zero-order valence-electron chi connectivity index (χ0n) is 15.3. The van der Waals surface area contributed by atoms with Crippen LogP contribution in [-0.2, 0) is 4.79 Å². The van der Waals surface area contributed by atoms with Gasteiger partial charge >= 0.3 is 5.97 Å². The number of halogens is 5. The van der Waals surface area contributed by atoms with Gasteiger partial charge in [-0.25, -0.2) is 9.79 Å². The van der Waals surface area contributed by atoms with Crippen LogP contribution in [0.4, 0.5) is 0 Å². The third-order valence-electron chi connectivity index (χ3n) is 4.52. The maximum Gasteiger partial charge on any atom is 0.335 e. The molecule has 10 heteroatoms. The summed E-state index contributed by atoms with van der Waals surface area (Å²) >= 11 is 20.6. The van der Waals surface area contributed by atoms with E-state index in [0.717, 1.165) is 4.91 Å². The number of carbonyl (C=O) groups is 1. The number of aliphatic imine (C=N–C) groups is 1. The topological polar surface area (TPSA) is 52.9 Å². The lowest BCUT2D eigenvalue weighted by Gasteiger charge is -2.33. The molecule has 30 heavy (non-hydrogen) atoms. The summed E-state index contributed by atoms with van der Waals surface area (Å²) < 4.78 is 0. The number of hydrogen-bond acceptors (Lipinski definition) is 4. The highest BCUT2D eigenvalue weighted by Gasteiger charge is 2.40. The molecule has 4 rings (SSSR count). The summed E-state index contributed by atoms with van der Waals surface area (Å²) in [4.78, 5) is 19.2. The number of fused-ring (bicyclic) bond motifs is 1. The first-order valence-corrected chi connectivity index (χ1v) is 10.2. The van der Waals surface area contributed by atoms with E-state index < -0.39 is 12.0 Å². The number of benzene rings is 2. The average molecular weight is 525 g/mol. The number of nitrogens with zero attached hydrogens (tertiary/aromatic N) is 2. The van der Waals surface area contributed by atoms with Crippen molar-refractivity contribution in [1.29, 1.82) is 0 Å². The number of carboxylic acid groups (broad SMARTS) is 1. The Morgan fingerprint density at radius 3 is 2.23 bits per heavy atom. The van der Waals surface area contributed by atoms with Crippen molar-refractivity contribution in [2.24, 2.45) is 4.99 Å². The number of aliphatic carboxylic acids is 1. The van der Waals surface area contributed by atoms with E-state index in [-0.39, 0.29) is 30.4 Å². The third-order valence-corrected chi connectivity index (χ3v) is 6.51. The van der Waals surface area contributed by atoms with Crippen LogP contribution in [0.15, 0.2) is 64.9 Å². The maximum atomic E-state index is 12.0. The molecule has 0 saturated heterocycles. The number of rotatable bonds is 3. The normalized spacial score (nSPS) is 17.5. The van der Waals surface area contributed by atoms with Crippen LogP contribution in [0.5, 0.6) is 0 Å². The summed E-state index contributed by atoms with van der Waals surface area (Å²) in [5.74, 6) is -1.03. The van der Waals surface area contributed by atoms with Crippen molar-refractivity contribution in [2.45, 2.75) is 13.0 Å². The summed E-state index contributed by atoms with van der Waals surface area (Å²) in [6.07, 6.45) is 1.83. The second-order valence-electron chi connectivity index (χ2n) is 6.22. The maximum absolute atomic E-state index is 12.0. The van der Waals surface area contributed by atoms with Gasteiger partial charge in [0.05, 0.1) is 27.4 Å². The van der Waals surface area contributed by atoms with E-state index in [4.69, 9.17) is 34.8 Å². The standard InChI is InChI=1S/C20H13Cl3N2O2S.2ClH/c1-10-16(19(26)27)18(11-5-2-3-6-12(11)21)25-9-15(28-20(25)24-10)17-13(22)7-4-8-14(17)23;;/h2-9,18H,1H3,(H,26,27);2*1H/t18-;;/m1../s1. The van der Waals surface area contributed by atoms with Crippen molar-refractivity contribution >= 4 is 87.4 Å². The van der Waals surface area contributed by atoms with Crippen molar-refractivity contribution in [3.05, 3.63) is 86.1 Å². The molecule has 1 atom stereocenters. The van der Waals surface area contributed by atoms with E-state index >= 15 is 0 Å². The van der Waals surface area contributed by atoms with E-state index in [0.29, 0.717) is 37.1 Å². The Bertz CT molecular complexity index is 1080. The van der Waals surface area contributed by atoms with Gasteiger partial charge in [0, 0.05) is 21.7 Å². The zero-order valence-corrected chi connectivity index (χ0v) is 20.0. The number of amidine groups is 1. The molecular weight excluding hydrogens is 510 g/mol. The first kappa shape index (κ1) is 24.9. The van der Waals surface area contributed by atoms with Crippen molar-refractivity contribution in [1.82, 2.24) is 4.90 Å².